The molecular weight excluding hydrogens is 423 g/mol. The quantitative estimate of drug-likeness (QED) is 0.676. The van der Waals surface area contributed by atoms with Crippen LogP contribution in [0.4, 0.5) is 5.69 Å². The molecule has 0 bridgehead atoms. The molecule has 0 unspecified atom stereocenters. The highest BCUT2D eigenvalue weighted by Gasteiger charge is 2.12. The van der Waals surface area contributed by atoms with Gasteiger partial charge in [0.25, 0.3) is 5.91 Å². The predicted octanol–water partition coefficient (Wildman–Crippen LogP) is 4.89. The highest BCUT2D eigenvalue weighted by molar-refractivity contribution is 9.10. The third-order valence-electron chi connectivity index (χ3n) is 2.84. The Hall–Kier alpha value is -1.34. The first-order valence-corrected chi connectivity index (χ1v) is 8.28. The number of ether oxygens (including phenoxy) is 1. The van der Waals surface area contributed by atoms with Gasteiger partial charge in [-0.1, -0.05) is 29.3 Å². The number of carbonyl (C=O) groups excluding carboxylic acids is 1. The van der Waals surface area contributed by atoms with E-state index >= 15 is 0 Å². The smallest absolute Gasteiger partial charge is 0.257 e. The summed E-state index contributed by atoms with van der Waals surface area (Å²) >= 11 is 20.4. The topological polar surface area (TPSA) is 50.4 Å². The van der Waals surface area contributed by atoms with Crippen LogP contribution in [-0.4, -0.2) is 18.1 Å². The Morgan fingerprint density at radius 1 is 1.26 bits per heavy atom. The summed E-state index contributed by atoms with van der Waals surface area (Å²) in [5, 5.41) is 6.25. The molecule has 120 valence electrons. The first-order valence-electron chi connectivity index (χ1n) is 6.32. The van der Waals surface area contributed by atoms with E-state index in [2.05, 4.69) is 26.6 Å². The van der Waals surface area contributed by atoms with Gasteiger partial charge in [0.1, 0.15) is 5.75 Å². The Labute approximate surface area is 157 Å². The summed E-state index contributed by atoms with van der Waals surface area (Å²) in [6, 6.07) is 10.0. The minimum absolute atomic E-state index is 0.117. The Bertz CT molecular complexity index is 771. The number of benzene rings is 2. The third kappa shape index (κ3) is 4.57. The lowest BCUT2D eigenvalue weighted by molar-refractivity contribution is 0.0977. The van der Waals surface area contributed by atoms with Gasteiger partial charge in [-0.2, -0.15) is 0 Å². The van der Waals surface area contributed by atoms with Crippen LogP contribution in [0.1, 0.15) is 10.4 Å². The number of carbonyl (C=O) groups is 1. The molecule has 2 aromatic rings. The van der Waals surface area contributed by atoms with E-state index in [0.717, 1.165) is 0 Å². The number of amides is 1. The van der Waals surface area contributed by atoms with E-state index in [-0.39, 0.29) is 11.0 Å². The van der Waals surface area contributed by atoms with Crippen molar-refractivity contribution >= 4 is 68.1 Å². The molecule has 2 rings (SSSR count). The van der Waals surface area contributed by atoms with Crippen LogP contribution in [0, 0.1) is 0 Å². The number of rotatable bonds is 3. The van der Waals surface area contributed by atoms with Gasteiger partial charge in [0.05, 0.1) is 27.3 Å². The van der Waals surface area contributed by atoms with E-state index in [1.165, 1.54) is 0 Å². The average Bonchev–Trinajstić information content (AvgIpc) is 2.51. The summed E-state index contributed by atoms with van der Waals surface area (Å²) in [4.78, 5) is 12.2. The normalized spacial score (nSPS) is 10.1. The van der Waals surface area contributed by atoms with E-state index in [1.807, 2.05) is 0 Å². The molecule has 0 aliphatic carbocycles. The van der Waals surface area contributed by atoms with Crippen molar-refractivity contribution in [3.8, 4) is 5.75 Å². The van der Waals surface area contributed by atoms with Crippen LogP contribution in [0.5, 0.6) is 5.75 Å². The predicted molar refractivity (Wildman–Crippen MR) is 101 cm³/mol. The van der Waals surface area contributed by atoms with Gasteiger partial charge in [0.15, 0.2) is 5.11 Å². The Morgan fingerprint density at radius 2 is 2.00 bits per heavy atom. The average molecular weight is 434 g/mol. The van der Waals surface area contributed by atoms with E-state index in [1.54, 1.807) is 43.5 Å². The molecule has 0 radical (unpaired) electrons. The van der Waals surface area contributed by atoms with Crippen LogP contribution in [-0.2, 0) is 0 Å². The minimum Gasteiger partial charge on any atom is -0.496 e. The molecule has 0 heterocycles. The molecule has 0 aromatic heterocycles. The molecule has 23 heavy (non-hydrogen) atoms. The van der Waals surface area contributed by atoms with Crippen molar-refractivity contribution in [2.45, 2.75) is 0 Å². The third-order valence-corrected chi connectivity index (χ3v) is 4.48. The molecule has 0 atom stereocenters. The SMILES string of the molecule is COc1ccc(C(=O)NC(=S)Nc2cccc(Cl)c2Cl)cc1Br. The van der Waals surface area contributed by atoms with Crippen molar-refractivity contribution in [2.24, 2.45) is 0 Å². The zero-order valence-electron chi connectivity index (χ0n) is 11.8. The molecule has 0 spiro atoms. The van der Waals surface area contributed by atoms with Crippen LogP contribution < -0.4 is 15.4 Å². The maximum atomic E-state index is 12.2. The number of nitrogens with one attached hydrogen (secondary N) is 2. The van der Waals surface area contributed by atoms with Gasteiger partial charge in [-0.05, 0) is 58.5 Å². The molecule has 0 saturated carbocycles. The molecular formula is C15H11BrCl2N2O2S. The maximum absolute atomic E-state index is 12.2. The second-order valence-corrected chi connectivity index (χ2v) is 6.41. The van der Waals surface area contributed by atoms with Gasteiger partial charge in [0, 0.05) is 5.56 Å². The lowest BCUT2D eigenvalue weighted by Crippen LogP contribution is -2.34. The van der Waals surface area contributed by atoms with E-state index in [4.69, 9.17) is 40.2 Å². The van der Waals surface area contributed by atoms with Crippen LogP contribution in [0.25, 0.3) is 0 Å². The number of hydrogen-bond donors (Lipinski definition) is 2. The largest absolute Gasteiger partial charge is 0.496 e. The Morgan fingerprint density at radius 3 is 2.65 bits per heavy atom. The summed E-state index contributed by atoms with van der Waals surface area (Å²) < 4.78 is 5.79. The molecule has 1 amide bonds. The molecule has 4 nitrogen and oxygen atoms in total. The van der Waals surface area contributed by atoms with Gasteiger partial charge in [-0.15, -0.1) is 0 Å². The molecule has 2 N–H and O–H groups in total. The van der Waals surface area contributed by atoms with Crippen LogP contribution >= 0.6 is 51.3 Å². The van der Waals surface area contributed by atoms with E-state index in [9.17, 15) is 4.79 Å². The molecule has 0 aliphatic heterocycles. The second kappa shape index (κ2) is 7.97. The number of thiocarbonyl (C=S) groups is 1. The maximum Gasteiger partial charge on any atom is 0.257 e. The van der Waals surface area contributed by atoms with Crippen molar-refractivity contribution in [2.75, 3.05) is 12.4 Å². The summed E-state index contributed by atoms with van der Waals surface area (Å²) in [6.45, 7) is 0. The fraction of sp³-hybridized carbons (Fsp3) is 0.0667. The van der Waals surface area contributed by atoms with Crippen LogP contribution in [0.2, 0.25) is 10.0 Å². The number of halogens is 3. The van der Waals surface area contributed by atoms with Crippen molar-refractivity contribution in [1.29, 1.82) is 0 Å². The van der Waals surface area contributed by atoms with Crippen molar-refractivity contribution < 1.29 is 9.53 Å². The van der Waals surface area contributed by atoms with E-state index < -0.39 is 0 Å². The molecule has 0 aliphatic rings. The minimum atomic E-state index is -0.357. The summed E-state index contributed by atoms with van der Waals surface area (Å²) in [5.74, 6) is 0.275. The van der Waals surface area contributed by atoms with Gasteiger partial charge in [0.2, 0.25) is 0 Å². The zero-order chi connectivity index (χ0) is 17.0. The van der Waals surface area contributed by atoms with E-state index in [0.29, 0.717) is 31.5 Å². The van der Waals surface area contributed by atoms with Gasteiger partial charge in [-0.25, -0.2) is 0 Å². The van der Waals surface area contributed by atoms with Crippen molar-refractivity contribution in [3.63, 3.8) is 0 Å². The standard InChI is InChI=1S/C15H11BrCl2N2O2S/c1-22-12-6-5-8(7-9(12)16)14(21)20-15(23)19-11-4-2-3-10(17)13(11)18/h2-7H,1H3,(H2,19,20,21,23). The van der Waals surface area contributed by atoms with Crippen LogP contribution in [0.15, 0.2) is 40.9 Å². The number of methoxy groups -OCH3 is 1. The fourth-order valence-electron chi connectivity index (χ4n) is 1.74. The molecule has 2 aromatic carbocycles. The number of anilines is 1. The lowest BCUT2D eigenvalue weighted by atomic mass is 10.2. The summed E-state index contributed by atoms with van der Waals surface area (Å²) in [7, 11) is 1.55. The monoisotopic (exact) mass is 432 g/mol. The first-order chi connectivity index (χ1) is 10.9. The number of hydrogen-bond acceptors (Lipinski definition) is 3. The highest BCUT2D eigenvalue weighted by atomic mass is 79.9. The second-order valence-electron chi connectivity index (χ2n) is 4.36. The van der Waals surface area contributed by atoms with Gasteiger partial charge in [-0.3, -0.25) is 10.1 Å². The summed E-state index contributed by atoms with van der Waals surface area (Å²) in [6.07, 6.45) is 0. The van der Waals surface area contributed by atoms with Crippen molar-refractivity contribution in [1.82, 2.24) is 5.32 Å². The van der Waals surface area contributed by atoms with Crippen LogP contribution in [0.3, 0.4) is 0 Å². The fourth-order valence-corrected chi connectivity index (χ4v) is 2.83. The molecule has 8 heteroatoms. The van der Waals surface area contributed by atoms with Crippen molar-refractivity contribution in [3.05, 3.63) is 56.5 Å². The highest BCUT2D eigenvalue weighted by Crippen LogP contribution is 2.29. The first kappa shape index (κ1) is 18.0. The Kier molecular flexibility index (Phi) is 6.24. The lowest BCUT2D eigenvalue weighted by Gasteiger charge is -2.12. The van der Waals surface area contributed by atoms with Gasteiger partial charge >= 0.3 is 0 Å². The van der Waals surface area contributed by atoms with Gasteiger partial charge < -0.3 is 10.1 Å². The molecule has 0 saturated heterocycles. The Balaban J connectivity index is 2.06. The summed E-state index contributed by atoms with van der Waals surface area (Å²) in [5.41, 5.74) is 0.944. The zero-order valence-corrected chi connectivity index (χ0v) is 15.7. The molecule has 0 fully saturated rings.